The zero-order valence-corrected chi connectivity index (χ0v) is 11.5. The van der Waals surface area contributed by atoms with E-state index in [1.807, 2.05) is 18.6 Å². The fourth-order valence-corrected chi connectivity index (χ4v) is 2.80. The molecular formula is C16H15N5. The van der Waals surface area contributed by atoms with Gasteiger partial charge in [0.1, 0.15) is 0 Å². The normalized spacial score (nSPS) is 14.1. The highest BCUT2D eigenvalue weighted by molar-refractivity contribution is 5.59. The molecule has 2 N–H and O–H groups in total. The molecule has 1 aromatic carbocycles. The molecule has 5 heteroatoms. The number of anilines is 1. The molecule has 0 fully saturated rings. The Kier molecular flexibility index (Phi) is 2.88. The van der Waals surface area contributed by atoms with Crippen LogP contribution in [0.2, 0.25) is 0 Å². The molecule has 0 bridgehead atoms. The lowest BCUT2D eigenvalue weighted by atomic mass is 10.1. The van der Waals surface area contributed by atoms with Gasteiger partial charge in [0.05, 0.1) is 6.20 Å². The molecule has 1 aliphatic carbocycles. The number of aromatic amines is 1. The van der Waals surface area contributed by atoms with Gasteiger partial charge in [-0.15, -0.1) is 0 Å². The first-order valence-electron chi connectivity index (χ1n) is 7.03. The lowest BCUT2D eigenvalue weighted by Crippen LogP contribution is -2.20. The van der Waals surface area contributed by atoms with Crippen LogP contribution in [-0.2, 0) is 12.8 Å². The summed E-state index contributed by atoms with van der Waals surface area (Å²) < 4.78 is 0. The van der Waals surface area contributed by atoms with Gasteiger partial charge in [-0.2, -0.15) is 5.10 Å². The van der Waals surface area contributed by atoms with E-state index in [2.05, 4.69) is 49.7 Å². The van der Waals surface area contributed by atoms with Gasteiger partial charge in [-0.05, 0) is 24.0 Å². The van der Waals surface area contributed by atoms with Gasteiger partial charge < -0.3 is 5.32 Å². The van der Waals surface area contributed by atoms with Crippen LogP contribution in [0.1, 0.15) is 11.1 Å². The third-order valence-electron chi connectivity index (χ3n) is 3.87. The third-order valence-corrected chi connectivity index (χ3v) is 3.87. The van der Waals surface area contributed by atoms with Crippen molar-refractivity contribution < 1.29 is 0 Å². The summed E-state index contributed by atoms with van der Waals surface area (Å²) in [5.74, 6) is 0.681. The molecule has 5 nitrogen and oxygen atoms in total. The summed E-state index contributed by atoms with van der Waals surface area (Å²) in [6.07, 6.45) is 9.30. The molecule has 21 heavy (non-hydrogen) atoms. The molecule has 0 atom stereocenters. The van der Waals surface area contributed by atoms with Crippen LogP contribution in [0, 0.1) is 0 Å². The van der Waals surface area contributed by atoms with Crippen LogP contribution in [-0.4, -0.2) is 26.2 Å². The van der Waals surface area contributed by atoms with Gasteiger partial charge in [0.25, 0.3) is 0 Å². The predicted octanol–water partition coefficient (Wildman–Crippen LogP) is 2.45. The topological polar surface area (TPSA) is 66.5 Å². The molecule has 0 spiro atoms. The largest absolute Gasteiger partial charge is 0.351 e. The molecule has 3 aromatic rings. The standard InChI is InChI=1S/C16H15N5/c1-2-4-12-6-15(5-11(12)3-1)21-16-17-7-13(8-18-16)14-9-19-20-10-14/h1-4,7-10,15H,5-6H2,(H,19,20)(H,17,18,21). The molecule has 0 saturated heterocycles. The molecule has 0 unspecified atom stereocenters. The quantitative estimate of drug-likeness (QED) is 0.771. The minimum atomic E-state index is 0.377. The molecule has 0 amide bonds. The number of benzene rings is 1. The van der Waals surface area contributed by atoms with E-state index in [4.69, 9.17) is 0 Å². The monoisotopic (exact) mass is 277 g/mol. The molecule has 104 valence electrons. The van der Waals surface area contributed by atoms with Crippen LogP contribution in [0.25, 0.3) is 11.1 Å². The zero-order chi connectivity index (χ0) is 14.1. The lowest BCUT2D eigenvalue weighted by Gasteiger charge is -2.11. The molecule has 2 aromatic heterocycles. The van der Waals surface area contributed by atoms with Crippen molar-refractivity contribution in [2.24, 2.45) is 0 Å². The van der Waals surface area contributed by atoms with E-state index in [0.717, 1.165) is 24.0 Å². The summed E-state index contributed by atoms with van der Waals surface area (Å²) in [6.45, 7) is 0. The number of H-pyrrole nitrogens is 1. The van der Waals surface area contributed by atoms with Crippen LogP contribution in [0.5, 0.6) is 0 Å². The number of rotatable bonds is 3. The highest BCUT2D eigenvalue weighted by Gasteiger charge is 2.21. The fourth-order valence-electron chi connectivity index (χ4n) is 2.80. The number of aromatic nitrogens is 4. The van der Waals surface area contributed by atoms with E-state index < -0.39 is 0 Å². The van der Waals surface area contributed by atoms with Gasteiger partial charge in [0.15, 0.2) is 0 Å². The Bertz CT molecular complexity index is 709. The van der Waals surface area contributed by atoms with Gasteiger partial charge >= 0.3 is 0 Å². The van der Waals surface area contributed by atoms with Crippen LogP contribution in [0.15, 0.2) is 49.1 Å². The number of nitrogens with one attached hydrogen (secondary N) is 2. The van der Waals surface area contributed by atoms with Gasteiger partial charge in [0.2, 0.25) is 5.95 Å². The minimum Gasteiger partial charge on any atom is -0.351 e. The summed E-state index contributed by atoms with van der Waals surface area (Å²) >= 11 is 0. The second-order valence-electron chi connectivity index (χ2n) is 5.30. The summed E-state index contributed by atoms with van der Waals surface area (Å²) in [6, 6.07) is 8.95. The fraction of sp³-hybridized carbons (Fsp3) is 0.188. The molecule has 2 heterocycles. The van der Waals surface area contributed by atoms with Gasteiger partial charge in [-0.25, -0.2) is 9.97 Å². The predicted molar refractivity (Wildman–Crippen MR) is 80.9 cm³/mol. The summed E-state index contributed by atoms with van der Waals surface area (Å²) in [7, 11) is 0. The van der Waals surface area contributed by atoms with Gasteiger partial charge in [-0.3, -0.25) is 5.10 Å². The van der Waals surface area contributed by atoms with Crippen molar-refractivity contribution in [1.82, 2.24) is 20.2 Å². The number of fused-ring (bicyclic) bond motifs is 1. The van der Waals surface area contributed by atoms with Crippen molar-refractivity contribution in [3.8, 4) is 11.1 Å². The van der Waals surface area contributed by atoms with Crippen molar-refractivity contribution in [2.45, 2.75) is 18.9 Å². The summed E-state index contributed by atoms with van der Waals surface area (Å²) in [5.41, 5.74) is 4.80. The second-order valence-corrected chi connectivity index (χ2v) is 5.30. The maximum absolute atomic E-state index is 4.40. The highest BCUT2D eigenvalue weighted by atomic mass is 15.1. The molecule has 4 rings (SSSR count). The smallest absolute Gasteiger partial charge is 0.222 e. The molecule has 1 aliphatic rings. The first kappa shape index (κ1) is 12.1. The zero-order valence-electron chi connectivity index (χ0n) is 11.5. The lowest BCUT2D eigenvalue weighted by molar-refractivity contribution is 0.762. The molecular weight excluding hydrogens is 262 g/mol. The summed E-state index contributed by atoms with van der Waals surface area (Å²) in [5, 5.41) is 10.1. The average molecular weight is 277 g/mol. The first-order valence-corrected chi connectivity index (χ1v) is 7.03. The van der Waals surface area contributed by atoms with E-state index in [-0.39, 0.29) is 0 Å². The highest BCUT2D eigenvalue weighted by Crippen LogP contribution is 2.24. The van der Waals surface area contributed by atoms with E-state index in [1.54, 1.807) is 6.20 Å². The SMILES string of the molecule is c1ccc2c(c1)CC(Nc1ncc(-c3cn[nH]c3)cn1)C2. The number of hydrogen-bond acceptors (Lipinski definition) is 4. The van der Waals surface area contributed by atoms with E-state index in [9.17, 15) is 0 Å². The maximum atomic E-state index is 4.40. The van der Waals surface area contributed by atoms with Crippen LogP contribution < -0.4 is 5.32 Å². The molecule has 0 saturated carbocycles. The Morgan fingerprint density at radius 2 is 1.67 bits per heavy atom. The van der Waals surface area contributed by atoms with Gasteiger partial charge in [-0.1, -0.05) is 24.3 Å². The van der Waals surface area contributed by atoms with Crippen molar-refractivity contribution in [3.05, 3.63) is 60.2 Å². The maximum Gasteiger partial charge on any atom is 0.222 e. The summed E-state index contributed by atoms with van der Waals surface area (Å²) in [4.78, 5) is 8.79. The molecule has 0 aliphatic heterocycles. The van der Waals surface area contributed by atoms with E-state index in [1.165, 1.54) is 11.1 Å². The Morgan fingerprint density at radius 1 is 0.952 bits per heavy atom. The number of hydrogen-bond donors (Lipinski definition) is 2. The van der Waals surface area contributed by atoms with Crippen molar-refractivity contribution in [3.63, 3.8) is 0 Å². The Morgan fingerprint density at radius 3 is 2.29 bits per heavy atom. The average Bonchev–Trinajstić information content (AvgIpc) is 3.17. The first-order chi connectivity index (χ1) is 10.4. The Labute approximate surface area is 122 Å². The van der Waals surface area contributed by atoms with Gasteiger partial charge in [0, 0.05) is 35.8 Å². The minimum absolute atomic E-state index is 0.377. The second kappa shape index (κ2) is 5.01. The van der Waals surface area contributed by atoms with Crippen LogP contribution >= 0.6 is 0 Å². The van der Waals surface area contributed by atoms with E-state index >= 15 is 0 Å². The van der Waals surface area contributed by atoms with Crippen molar-refractivity contribution in [2.75, 3.05) is 5.32 Å². The third kappa shape index (κ3) is 2.38. The van der Waals surface area contributed by atoms with Crippen molar-refractivity contribution >= 4 is 5.95 Å². The van der Waals surface area contributed by atoms with E-state index in [0.29, 0.717) is 12.0 Å². The van der Waals surface area contributed by atoms with Crippen LogP contribution in [0.3, 0.4) is 0 Å². The molecule has 0 radical (unpaired) electrons. The number of nitrogens with zero attached hydrogens (tertiary/aromatic N) is 3. The van der Waals surface area contributed by atoms with Crippen LogP contribution in [0.4, 0.5) is 5.95 Å². The Balaban J connectivity index is 1.47. The Hall–Kier alpha value is -2.69. The van der Waals surface area contributed by atoms with Crippen molar-refractivity contribution in [1.29, 1.82) is 0 Å².